The first-order chi connectivity index (χ1) is 7.93. The number of hydrogen-bond donors (Lipinski definition) is 1. The largest absolute Gasteiger partial charge is 0.326 e. The van der Waals surface area contributed by atoms with E-state index < -0.39 is 10.0 Å². The zero-order chi connectivity index (χ0) is 13.1. The summed E-state index contributed by atoms with van der Waals surface area (Å²) in [7, 11) is -1.74. The van der Waals surface area contributed by atoms with Crippen molar-refractivity contribution in [1.29, 1.82) is 0 Å². The normalized spacial score (nSPS) is 12.3. The van der Waals surface area contributed by atoms with Crippen LogP contribution in [0, 0.1) is 6.92 Å². The second-order valence-electron chi connectivity index (χ2n) is 3.66. The Balaban J connectivity index is 2.99. The van der Waals surface area contributed by atoms with E-state index >= 15 is 0 Å². The number of aryl methyl sites for hydroxylation is 1. The molecule has 17 heavy (non-hydrogen) atoms. The molecule has 0 saturated heterocycles. The SMILES string of the molecule is CSCCN(C)S(=O)(=O)c1cc(CN)sc1C. The van der Waals surface area contributed by atoms with E-state index in [2.05, 4.69) is 0 Å². The number of thiophene rings is 1. The van der Waals surface area contributed by atoms with Crippen LogP contribution in [0.15, 0.2) is 11.0 Å². The first-order valence-electron chi connectivity index (χ1n) is 5.18. The molecular formula is C10H18N2O2S3. The average Bonchev–Trinajstić information content (AvgIpc) is 2.67. The Kier molecular flexibility index (Phi) is 5.46. The fourth-order valence-electron chi connectivity index (χ4n) is 1.39. The zero-order valence-electron chi connectivity index (χ0n) is 10.3. The molecule has 1 aromatic rings. The maximum absolute atomic E-state index is 12.3. The van der Waals surface area contributed by atoms with Gasteiger partial charge in [0, 0.05) is 35.6 Å². The highest BCUT2D eigenvalue weighted by molar-refractivity contribution is 7.98. The first kappa shape index (κ1) is 15.0. The van der Waals surface area contributed by atoms with Crippen molar-refractivity contribution in [2.24, 2.45) is 5.73 Å². The zero-order valence-corrected chi connectivity index (χ0v) is 12.7. The van der Waals surface area contributed by atoms with Crippen LogP contribution in [0.4, 0.5) is 0 Å². The van der Waals surface area contributed by atoms with E-state index in [0.29, 0.717) is 18.0 Å². The standard InChI is InChI=1S/C10H18N2O2S3/c1-8-10(6-9(7-11)16-8)17(13,14)12(2)4-5-15-3/h6H,4-5,7,11H2,1-3H3. The number of thioether (sulfide) groups is 1. The van der Waals surface area contributed by atoms with E-state index in [1.807, 2.05) is 13.2 Å². The Bertz CT molecular complexity index is 468. The van der Waals surface area contributed by atoms with E-state index in [0.717, 1.165) is 15.5 Å². The number of sulfonamides is 1. The molecule has 1 heterocycles. The number of hydrogen-bond acceptors (Lipinski definition) is 5. The predicted octanol–water partition coefficient (Wildman–Crippen LogP) is 1.50. The minimum atomic E-state index is -3.36. The van der Waals surface area contributed by atoms with Crippen LogP contribution in [0.1, 0.15) is 9.75 Å². The maximum Gasteiger partial charge on any atom is 0.243 e. The summed E-state index contributed by atoms with van der Waals surface area (Å²) in [6.45, 7) is 2.73. The molecule has 0 atom stereocenters. The van der Waals surface area contributed by atoms with E-state index in [4.69, 9.17) is 5.73 Å². The van der Waals surface area contributed by atoms with Gasteiger partial charge in [-0.25, -0.2) is 12.7 Å². The number of rotatable bonds is 6. The molecule has 0 amide bonds. The van der Waals surface area contributed by atoms with Crippen molar-refractivity contribution in [3.05, 3.63) is 15.8 Å². The van der Waals surface area contributed by atoms with Gasteiger partial charge in [0.2, 0.25) is 10.0 Å². The van der Waals surface area contributed by atoms with Gasteiger partial charge >= 0.3 is 0 Å². The van der Waals surface area contributed by atoms with E-state index in [1.54, 1.807) is 24.9 Å². The molecule has 7 heteroatoms. The molecule has 1 rings (SSSR count). The quantitative estimate of drug-likeness (QED) is 0.863. The summed E-state index contributed by atoms with van der Waals surface area (Å²) in [6, 6.07) is 1.69. The van der Waals surface area contributed by atoms with Crippen molar-refractivity contribution in [3.63, 3.8) is 0 Å². The molecule has 98 valence electrons. The van der Waals surface area contributed by atoms with Crippen LogP contribution in [-0.2, 0) is 16.6 Å². The van der Waals surface area contributed by atoms with Gasteiger partial charge in [0.1, 0.15) is 0 Å². The van der Waals surface area contributed by atoms with Crippen LogP contribution in [0.25, 0.3) is 0 Å². The van der Waals surface area contributed by atoms with Crippen LogP contribution in [0.3, 0.4) is 0 Å². The minimum absolute atomic E-state index is 0.384. The summed E-state index contributed by atoms with van der Waals surface area (Å²) >= 11 is 3.08. The highest BCUT2D eigenvalue weighted by Gasteiger charge is 2.24. The van der Waals surface area contributed by atoms with Gasteiger partial charge in [-0.3, -0.25) is 0 Å². The molecule has 0 unspecified atom stereocenters. The third-order valence-electron chi connectivity index (χ3n) is 2.42. The molecule has 2 N–H and O–H groups in total. The van der Waals surface area contributed by atoms with Crippen molar-refractivity contribution < 1.29 is 8.42 Å². The summed E-state index contributed by atoms with van der Waals surface area (Å²) in [5.74, 6) is 0.794. The highest BCUT2D eigenvalue weighted by Crippen LogP contribution is 2.27. The monoisotopic (exact) mass is 294 g/mol. The Morgan fingerprint density at radius 1 is 1.53 bits per heavy atom. The molecule has 0 bridgehead atoms. The molecule has 4 nitrogen and oxygen atoms in total. The fourth-order valence-corrected chi connectivity index (χ4v) is 4.61. The second kappa shape index (κ2) is 6.19. The highest BCUT2D eigenvalue weighted by atomic mass is 32.2. The van der Waals surface area contributed by atoms with Gasteiger partial charge in [-0.2, -0.15) is 11.8 Å². The molecule has 0 spiro atoms. The van der Waals surface area contributed by atoms with E-state index in [-0.39, 0.29) is 0 Å². The molecular weight excluding hydrogens is 276 g/mol. The average molecular weight is 294 g/mol. The van der Waals surface area contributed by atoms with Crippen molar-refractivity contribution >= 4 is 33.1 Å². The maximum atomic E-state index is 12.3. The van der Waals surface area contributed by atoms with Gasteiger partial charge in [-0.05, 0) is 19.2 Å². The van der Waals surface area contributed by atoms with Crippen LogP contribution in [0.5, 0.6) is 0 Å². The molecule has 0 radical (unpaired) electrons. The minimum Gasteiger partial charge on any atom is -0.326 e. The molecule has 1 aromatic heterocycles. The van der Waals surface area contributed by atoms with Crippen molar-refractivity contribution in [3.8, 4) is 0 Å². The van der Waals surface area contributed by atoms with Gasteiger partial charge in [0.05, 0.1) is 4.90 Å². The summed E-state index contributed by atoms with van der Waals surface area (Å²) in [5, 5.41) is 0. The van der Waals surface area contributed by atoms with E-state index in [1.165, 1.54) is 15.6 Å². The molecule has 0 saturated carbocycles. The Morgan fingerprint density at radius 2 is 2.18 bits per heavy atom. The van der Waals surface area contributed by atoms with Crippen LogP contribution in [-0.4, -0.2) is 38.3 Å². The van der Waals surface area contributed by atoms with Crippen molar-refractivity contribution in [2.75, 3.05) is 25.6 Å². The Hall–Kier alpha value is -0.0800. The third-order valence-corrected chi connectivity index (χ3v) is 6.20. The Labute approximate surface area is 111 Å². The predicted molar refractivity (Wildman–Crippen MR) is 75.1 cm³/mol. The molecule has 0 fully saturated rings. The van der Waals surface area contributed by atoms with E-state index in [9.17, 15) is 8.42 Å². The molecule has 0 aliphatic carbocycles. The molecule has 0 aromatic carbocycles. The van der Waals surface area contributed by atoms with Gasteiger partial charge in [0.15, 0.2) is 0 Å². The van der Waals surface area contributed by atoms with Gasteiger partial charge in [0.25, 0.3) is 0 Å². The third kappa shape index (κ3) is 3.45. The lowest BCUT2D eigenvalue weighted by Gasteiger charge is -2.16. The fraction of sp³-hybridized carbons (Fsp3) is 0.600. The second-order valence-corrected chi connectivity index (χ2v) is 8.00. The van der Waals surface area contributed by atoms with Crippen molar-refractivity contribution in [1.82, 2.24) is 4.31 Å². The van der Waals surface area contributed by atoms with Gasteiger partial charge < -0.3 is 5.73 Å². The number of nitrogens with zero attached hydrogens (tertiary/aromatic N) is 1. The van der Waals surface area contributed by atoms with Crippen molar-refractivity contribution in [2.45, 2.75) is 18.4 Å². The summed E-state index contributed by atoms with van der Waals surface area (Å²) < 4.78 is 25.9. The lowest BCUT2D eigenvalue weighted by molar-refractivity contribution is 0.488. The molecule has 0 aliphatic heterocycles. The lowest BCUT2D eigenvalue weighted by Crippen LogP contribution is -2.29. The van der Waals surface area contributed by atoms with Gasteiger partial charge in [-0.1, -0.05) is 0 Å². The first-order valence-corrected chi connectivity index (χ1v) is 8.83. The summed E-state index contributed by atoms with van der Waals surface area (Å²) in [6.07, 6.45) is 1.96. The topological polar surface area (TPSA) is 63.4 Å². The van der Waals surface area contributed by atoms with Gasteiger partial charge in [-0.15, -0.1) is 11.3 Å². The number of nitrogens with two attached hydrogens (primary N) is 1. The summed E-state index contributed by atoms with van der Waals surface area (Å²) in [5.41, 5.74) is 5.53. The van der Waals surface area contributed by atoms with Crippen LogP contribution >= 0.6 is 23.1 Å². The van der Waals surface area contributed by atoms with Crippen LogP contribution < -0.4 is 5.73 Å². The summed E-state index contributed by atoms with van der Waals surface area (Å²) in [4.78, 5) is 2.10. The smallest absolute Gasteiger partial charge is 0.243 e. The molecule has 0 aliphatic rings. The van der Waals surface area contributed by atoms with Crippen LogP contribution in [0.2, 0.25) is 0 Å². The Morgan fingerprint density at radius 3 is 2.65 bits per heavy atom. The lowest BCUT2D eigenvalue weighted by atomic mass is 10.4.